The van der Waals surface area contributed by atoms with Crippen LogP contribution >= 0.6 is 0 Å². The van der Waals surface area contributed by atoms with Crippen LogP contribution in [0.2, 0.25) is 0 Å². The minimum atomic E-state index is -0.643. The third kappa shape index (κ3) is 5.43. The Labute approximate surface area is 216 Å². The standard InChI is InChI=1S/C28H30N8O/c1-6-28(4,16-29)21-9-7-8-20(13-21)27(37)33-22-11-10-18(2)23(14-22)34-26-12-19(3)35-36(26)25-15-24(30-5)31-17-32-25/h7-15,17,34H,6H2,1-5H3,(H,33,37)(H,30,31,32). The van der Waals surface area contributed by atoms with Gasteiger partial charge in [0.15, 0.2) is 5.82 Å². The summed E-state index contributed by atoms with van der Waals surface area (Å²) in [5.74, 6) is 1.79. The van der Waals surface area contributed by atoms with Crippen molar-refractivity contribution in [1.82, 2.24) is 19.7 Å². The number of hydrogen-bond acceptors (Lipinski definition) is 7. The maximum Gasteiger partial charge on any atom is 0.255 e. The number of hydrogen-bond donors (Lipinski definition) is 3. The Balaban J connectivity index is 1.59. The summed E-state index contributed by atoms with van der Waals surface area (Å²) in [6.07, 6.45) is 2.14. The number of carbonyl (C=O) groups excluding carboxylic acids is 1. The Morgan fingerprint density at radius 3 is 2.65 bits per heavy atom. The number of rotatable bonds is 8. The van der Waals surface area contributed by atoms with Crippen molar-refractivity contribution < 1.29 is 4.79 Å². The summed E-state index contributed by atoms with van der Waals surface area (Å²) in [7, 11) is 1.80. The maximum absolute atomic E-state index is 13.1. The summed E-state index contributed by atoms with van der Waals surface area (Å²) >= 11 is 0. The van der Waals surface area contributed by atoms with Gasteiger partial charge in [-0.25, -0.2) is 9.97 Å². The predicted molar refractivity (Wildman–Crippen MR) is 146 cm³/mol. The van der Waals surface area contributed by atoms with E-state index in [9.17, 15) is 10.1 Å². The van der Waals surface area contributed by atoms with Crippen LogP contribution < -0.4 is 16.0 Å². The Hall–Kier alpha value is -4.71. The zero-order valence-corrected chi connectivity index (χ0v) is 21.6. The first-order valence-corrected chi connectivity index (χ1v) is 12.0. The van der Waals surface area contributed by atoms with Crippen LogP contribution in [0.3, 0.4) is 0 Å². The van der Waals surface area contributed by atoms with E-state index in [1.807, 2.05) is 70.2 Å². The van der Waals surface area contributed by atoms with Gasteiger partial charge in [-0.2, -0.15) is 15.0 Å². The van der Waals surface area contributed by atoms with Crippen molar-refractivity contribution in [2.75, 3.05) is 23.0 Å². The molecule has 0 saturated carbocycles. The number of anilines is 4. The lowest BCUT2D eigenvalue weighted by molar-refractivity contribution is 0.102. The lowest BCUT2D eigenvalue weighted by atomic mass is 9.81. The molecule has 2 aromatic carbocycles. The van der Waals surface area contributed by atoms with E-state index in [4.69, 9.17) is 0 Å². The largest absolute Gasteiger partial charge is 0.373 e. The average Bonchev–Trinajstić information content (AvgIpc) is 3.29. The second-order valence-electron chi connectivity index (χ2n) is 9.08. The second kappa shape index (κ2) is 10.5. The highest BCUT2D eigenvalue weighted by Gasteiger charge is 2.25. The molecule has 0 radical (unpaired) electrons. The average molecular weight is 495 g/mol. The Kier molecular flexibility index (Phi) is 7.20. The number of nitrogens with zero attached hydrogens (tertiary/aromatic N) is 5. The van der Waals surface area contributed by atoms with Crippen molar-refractivity contribution in [2.24, 2.45) is 0 Å². The molecule has 3 N–H and O–H groups in total. The summed E-state index contributed by atoms with van der Waals surface area (Å²) in [4.78, 5) is 21.6. The minimum absolute atomic E-state index is 0.241. The highest BCUT2D eigenvalue weighted by atomic mass is 16.1. The number of aromatic nitrogens is 4. The molecule has 0 bridgehead atoms. The molecule has 188 valence electrons. The topological polar surface area (TPSA) is 121 Å². The zero-order valence-electron chi connectivity index (χ0n) is 21.6. The first-order valence-electron chi connectivity index (χ1n) is 12.0. The van der Waals surface area contributed by atoms with Crippen molar-refractivity contribution in [3.05, 3.63) is 83.3 Å². The lowest BCUT2D eigenvalue weighted by Crippen LogP contribution is -2.19. The highest BCUT2D eigenvalue weighted by Crippen LogP contribution is 2.29. The molecule has 4 rings (SSSR count). The van der Waals surface area contributed by atoms with Crippen LogP contribution in [0, 0.1) is 25.2 Å². The molecule has 1 atom stereocenters. The van der Waals surface area contributed by atoms with Crippen LogP contribution in [0.5, 0.6) is 0 Å². The van der Waals surface area contributed by atoms with Gasteiger partial charge >= 0.3 is 0 Å². The summed E-state index contributed by atoms with van der Waals surface area (Å²) in [6, 6.07) is 19.0. The molecule has 0 aliphatic heterocycles. The molecule has 9 nitrogen and oxygen atoms in total. The number of nitrogens with one attached hydrogen (secondary N) is 3. The molecule has 2 heterocycles. The van der Waals surface area contributed by atoms with Gasteiger partial charge in [0.1, 0.15) is 18.0 Å². The van der Waals surface area contributed by atoms with Crippen LogP contribution in [0.1, 0.15) is 47.4 Å². The normalized spacial score (nSPS) is 12.3. The third-order valence-electron chi connectivity index (χ3n) is 6.43. The quantitative estimate of drug-likeness (QED) is 0.295. The van der Waals surface area contributed by atoms with E-state index in [1.54, 1.807) is 23.9 Å². The monoisotopic (exact) mass is 494 g/mol. The maximum atomic E-state index is 13.1. The van der Waals surface area contributed by atoms with Crippen LogP contribution in [0.15, 0.2) is 60.9 Å². The van der Waals surface area contributed by atoms with Gasteiger partial charge in [-0.1, -0.05) is 25.1 Å². The fourth-order valence-corrected chi connectivity index (χ4v) is 3.89. The van der Waals surface area contributed by atoms with Gasteiger partial charge < -0.3 is 16.0 Å². The molecule has 4 aromatic rings. The molecular formula is C28H30N8O. The van der Waals surface area contributed by atoms with E-state index in [0.29, 0.717) is 29.3 Å². The molecular weight excluding hydrogens is 464 g/mol. The van der Waals surface area contributed by atoms with Gasteiger partial charge in [-0.15, -0.1) is 0 Å². The third-order valence-corrected chi connectivity index (χ3v) is 6.43. The number of amides is 1. The first kappa shape index (κ1) is 25.4. The molecule has 0 aliphatic carbocycles. The molecule has 0 saturated heterocycles. The van der Waals surface area contributed by atoms with Crippen molar-refractivity contribution in [2.45, 2.75) is 39.5 Å². The summed E-state index contributed by atoms with van der Waals surface area (Å²) < 4.78 is 1.72. The van der Waals surface area contributed by atoms with E-state index in [2.05, 4.69) is 37.1 Å². The van der Waals surface area contributed by atoms with E-state index >= 15 is 0 Å². The van der Waals surface area contributed by atoms with E-state index in [0.717, 1.165) is 28.3 Å². The van der Waals surface area contributed by atoms with Crippen LogP contribution in [-0.4, -0.2) is 32.7 Å². The lowest BCUT2D eigenvalue weighted by Gasteiger charge is -2.20. The first-order chi connectivity index (χ1) is 17.8. The van der Waals surface area contributed by atoms with Crippen LogP contribution in [0.4, 0.5) is 23.0 Å². The van der Waals surface area contributed by atoms with Crippen LogP contribution in [0.25, 0.3) is 5.82 Å². The van der Waals surface area contributed by atoms with Crippen molar-refractivity contribution in [1.29, 1.82) is 5.26 Å². The number of carbonyl (C=O) groups is 1. The van der Waals surface area contributed by atoms with E-state index in [-0.39, 0.29) is 5.91 Å². The van der Waals surface area contributed by atoms with Gasteiger partial charge in [-0.05, 0) is 62.6 Å². The molecule has 37 heavy (non-hydrogen) atoms. The smallest absolute Gasteiger partial charge is 0.255 e. The van der Waals surface area contributed by atoms with Crippen LogP contribution in [-0.2, 0) is 5.41 Å². The fourth-order valence-electron chi connectivity index (χ4n) is 3.89. The van der Waals surface area contributed by atoms with Crippen molar-refractivity contribution in [3.63, 3.8) is 0 Å². The van der Waals surface area contributed by atoms with Gasteiger partial charge in [0, 0.05) is 36.1 Å². The summed E-state index contributed by atoms with van der Waals surface area (Å²) in [6.45, 7) is 7.75. The van der Waals surface area contributed by atoms with Gasteiger partial charge in [-0.3, -0.25) is 4.79 Å². The Bertz CT molecular complexity index is 1490. The number of aryl methyl sites for hydroxylation is 2. The van der Waals surface area contributed by atoms with Crippen molar-refractivity contribution >= 4 is 28.9 Å². The van der Waals surface area contributed by atoms with Gasteiger partial charge in [0.2, 0.25) is 0 Å². The van der Waals surface area contributed by atoms with E-state index in [1.165, 1.54) is 6.33 Å². The Morgan fingerprint density at radius 1 is 1.11 bits per heavy atom. The molecule has 1 unspecified atom stereocenters. The molecule has 1 amide bonds. The molecule has 0 aliphatic rings. The zero-order chi connectivity index (χ0) is 26.6. The predicted octanol–water partition coefficient (Wildman–Crippen LogP) is 5.51. The minimum Gasteiger partial charge on any atom is -0.373 e. The Morgan fingerprint density at radius 2 is 1.92 bits per heavy atom. The van der Waals surface area contributed by atoms with Crippen molar-refractivity contribution in [3.8, 4) is 11.9 Å². The molecule has 0 fully saturated rings. The van der Waals surface area contributed by atoms with E-state index < -0.39 is 5.41 Å². The summed E-state index contributed by atoms with van der Waals surface area (Å²) in [5, 5.41) is 23.6. The van der Waals surface area contributed by atoms with Gasteiger partial charge in [0.05, 0.1) is 17.2 Å². The fraction of sp³-hybridized carbons (Fsp3) is 0.250. The van der Waals surface area contributed by atoms with Gasteiger partial charge in [0.25, 0.3) is 5.91 Å². The molecule has 2 aromatic heterocycles. The number of nitriles is 1. The SMILES string of the molecule is CCC(C)(C#N)c1cccc(C(=O)Nc2ccc(C)c(Nc3cc(C)nn3-c3cc(NC)ncn3)c2)c1. The summed E-state index contributed by atoms with van der Waals surface area (Å²) in [5.41, 5.74) is 3.97. The number of benzene rings is 2. The molecule has 0 spiro atoms. The highest BCUT2D eigenvalue weighted by molar-refractivity contribution is 6.04. The molecule has 9 heteroatoms. The second-order valence-corrected chi connectivity index (χ2v) is 9.08.